The summed E-state index contributed by atoms with van der Waals surface area (Å²) in [4.78, 5) is 44.0. The number of aryl methyl sites for hydroxylation is 2. The number of imidazole rings is 1. The standard InChI is InChI=1S/C39H34FN7O4S/c1-24-43-44-34-22-51-21-30-28(18-25-8-4-2-5-9-25)33(52-39(30)47(24)34)15-12-27-19-45(23-41-27)17-7-3-6-10-26-11-13-31(40)36-29(26)20-46(38(36)50)32-14-16-35(48)42-37(32)49/h2,4-6,8-11,13,19,23,32H,3,7,14,16-18,20-22H2,1H3,(H,42,48,49)/b10-6+. The summed E-state index contributed by atoms with van der Waals surface area (Å²) in [6.45, 7) is 3.67. The average molecular weight is 716 g/mol. The van der Waals surface area contributed by atoms with Gasteiger partial charge in [0.1, 0.15) is 35.0 Å². The number of aromatic nitrogens is 5. The van der Waals surface area contributed by atoms with Crippen LogP contribution in [0.2, 0.25) is 0 Å². The van der Waals surface area contributed by atoms with Gasteiger partial charge in [0.05, 0.1) is 23.4 Å². The van der Waals surface area contributed by atoms with Gasteiger partial charge in [-0.3, -0.25) is 24.3 Å². The molecule has 52 heavy (non-hydrogen) atoms. The number of halogens is 1. The second-order valence-corrected chi connectivity index (χ2v) is 14.0. The minimum atomic E-state index is -0.794. The first-order chi connectivity index (χ1) is 25.3. The van der Waals surface area contributed by atoms with Gasteiger partial charge in [0.15, 0.2) is 5.82 Å². The van der Waals surface area contributed by atoms with Crippen molar-refractivity contribution in [2.24, 2.45) is 0 Å². The van der Waals surface area contributed by atoms with Crippen LogP contribution in [0.5, 0.6) is 0 Å². The van der Waals surface area contributed by atoms with Gasteiger partial charge in [0.2, 0.25) is 11.8 Å². The van der Waals surface area contributed by atoms with Crippen LogP contribution in [0.15, 0.2) is 61.1 Å². The molecule has 5 aromatic rings. The van der Waals surface area contributed by atoms with Crippen LogP contribution in [0.4, 0.5) is 4.39 Å². The molecule has 1 N–H and O–H groups in total. The summed E-state index contributed by atoms with van der Waals surface area (Å²) in [6.07, 6.45) is 10.3. The van der Waals surface area contributed by atoms with Crippen LogP contribution in [0.25, 0.3) is 11.1 Å². The Labute approximate surface area is 303 Å². The second kappa shape index (κ2) is 14.1. The van der Waals surface area contributed by atoms with Gasteiger partial charge in [-0.1, -0.05) is 48.6 Å². The molecule has 3 aliphatic heterocycles. The third kappa shape index (κ3) is 6.47. The summed E-state index contributed by atoms with van der Waals surface area (Å²) in [7, 11) is 0. The predicted molar refractivity (Wildman–Crippen MR) is 191 cm³/mol. The van der Waals surface area contributed by atoms with Gasteiger partial charge < -0.3 is 14.2 Å². The van der Waals surface area contributed by atoms with Gasteiger partial charge in [-0.25, -0.2) is 9.37 Å². The summed E-state index contributed by atoms with van der Waals surface area (Å²) in [5.74, 6) is 6.28. The van der Waals surface area contributed by atoms with E-state index in [1.165, 1.54) is 16.5 Å². The highest BCUT2D eigenvalue weighted by Crippen LogP contribution is 2.37. The number of carbonyl (C=O) groups is 3. The number of rotatable bonds is 8. The van der Waals surface area contributed by atoms with E-state index in [0.717, 1.165) is 64.0 Å². The number of imide groups is 1. The molecule has 3 aromatic heterocycles. The fourth-order valence-corrected chi connectivity index (χ4v) is 8.24. The first-order valence-corrected chi connectivity index (χ1v) is 18.0. The number of allylic oxidation sites excluding steroid dienone is 1. The lowest BCUT2D eigenvalue weighted by atomic mass is 10.0. The van der Waals surface area contributed by atoms with Crippen molar-refractivity contribution in [3.05, 3.63) is 122 Å². The van der Waals surface area contributed by atoms with Crippen LogP contribution in [0.3, 0.4) is 0 Å². The average Bonchev–Trinajstić information content (AvgIpc) is 3.88. The molecule has 1 unspecified atom stereocenters. The molecule has 3 aliphatic rings. The van der Waals surface area contributed by atoms with E-state index in [2.05, 4.69) is 49.0 Å². The van der Waals surface area contributed by atoms with E-state index in [9.17, 15) is 18.8 Å². The van der Waals surface area contributed by atoms with Crippen molar-refractivity contribution in [3.63, 3.8) is 0 Å². The smallest absolute Gasteiger partial charge is 0.258 e. The molecular formula is C39H34FN7O4S. The van der Waals surface area contributed by atoms with Crippen molar-refractivity contribution >= 4 is 35.1 Å². The SMILES string of the molecule is Cc1nnc2n1-c1sc(C#Cc3cn(CCC/C=C/c4ccc(F)c5c4CN(C4CCC(=O)NC4=O)C5=O)cn3)c(Cc3ccccc3)c1COC2. The lowest BCUT2D eigenvalue weighted by Gasteiger charge is -2.29. The van der Waals surface area contributed by atoms with Crippen molar-refractivity contribution in [2.45, 2.75) is 71.4 Å². The molecule has 0 saturated carbocycles. The Bertz CT molecular complexity index is 2310. The maximum atomic E-state index is 14.8. The minimum Gasteiger partial charge on any atom is -0.369 e. The second-order valence-electron chi connectivity index (χ2n) is 13.0. The van der Waals surface area contributed by atoms with Crippen LogP contribution in [0.1, 0.15) is 86.1 Å². The number of fused-ring (bicyclic) bond motifs is 4. The number of hydrogen-bond acceptors (Lipinski definition) is 8. The van der Waals surface area contributed by atoms with Crippen molar-refractivity contribution < 1.29 is 23.5 Å². The van der Waals surface area contributed by atoms with E-state index in [1.807, 2.05) is 48.0 Å². The van der Waals surface area contributed by atoms with Gasteiger partial charge in [-0.15, -0.1) is 21.5 Å². The fraction of sp³-hybridized carbons (Fsp3) is 0.282. The summed E-state index contributed by atoms with van der Waals surface area (Å²) in [5.41, 5.74) is 5.42. The van der Waals surface area contributed by atoms with Crippen molar-refractivity contribution in [1.29, 1.82) is 0 Å². The minimum absolute atomic E-state index is 0.00348. The monoisotopic (exact) mass is 715 g/mol. The highest BCUT2D eigenvalue weighted by Gasteiger charge is 2.41. The number of amides is 3. The van der Waals surface area contributed by atoms with E-state index in [4.69, 9.17) is 4.74 Å². The highest BCUT2D eigenvalue weighted by molar-refractivity contribution is 7.15. The number of hydrogen-bond donors (Lipinski definition) is 1. The summed E-state index contributed by atoms with van der Waals surface area (Å²) >= 11 is 1.63. The molecule has 0 radical (unpaired) electrons. The Balaban J connectivity index is 0.939. The van der Waals surface area contributed by atoms with Gasteiger partial charge >= 0.3 is 0 Å². The molecule has 6 heterocycles. The molecular weight excluding hydrogens is 682 g/mol. The number of ether oxygens (including phenoxy) is 1. The fourth-order valence-electron chi connectivity index (χ4n) is 6.99. The Morgan fingerprint density at radius 1 is 1.08 bits per heavy atom. The van der Waals surface area contributed by atoms with Crippen LogP contribution in [0, 0.1) is 24.6 Å². The van der Waals surface area contributed by atoms with Crippen molar-refractivity contribution in [1.82, 2.24) is 34.5 Å². The number of benzene rings is 2. The normalized spacial score (nSPS) is 16.7. The zero-order valence-corrected chi connectivity index (χ0v) is 29.2. The molecule has 2 aromatic carbocycles. The Kier molecular flexibility index (Phi) is 9.09. The van der Waals surface area contributed by atoms with Gasteiger partial charge in [-0.05, 0) is 72.8 Å². The van der Waals surface area contributed by atoms with Gasteiger partial charge in [0, 0.05) is 31.3 Å². The molecule has 262 valence electrons. The number of thiophene rings is 1. The van der Waals surface area contributed by atoms with E-state index >= 15 is 0 Å². The number of nitrogens with one attached hydrogen (secondary N) is 1. The maximum Gasteiger partial charge on any atom is 0.258 e. The molecule has 3 amide bonds. The Hall–Kier alpha value is -5.71. The summed E-state index contributed by atoms with van der Waals surface area (Å²) in [5, 5.41) is 11.9. The van der Waals surface area contributed by atoms with Crippen LogP contribution in [-0.4, -0.2) is 53.0 Å². The largest absolute Gasteiger partial charge is 0.369 e. The first-order valence-electron chi connectivity index (χ1n) is 17.2. The summed E-state index contributed by atoms with van der Waals surface area (Å²) < 4.78 is 24.9. The topological polar surface area (TPSA) is 124 Å². The molecule has 1 fully saturated rings. The molecule has 0 aliphatic carbocycles. The van der Waals surface area contributed by atoms with Gasteiger partial charge in [-0.2, -0.15) is 0 Å². The number of carbonyl (C=O) groups excluding carboxylic acids is 3. The van der Waals surface area contributed by atoms with Crippen LogP contribution >= 0.6 is 11.3 Å². The molecule has 0 bridgehead atoms. The van der Waals surface area contributed by atoms with Gasteiger partial charge in [0.25, 0.3) is 5.91 Å². The molecule has 0 spiro atoms. The Morgan fingerprint density at radius 2 is 1.94 bits per heavy atom. The molecule has 11 nitrogen and oxygen atoms in total. The highest BCUT2D eigenvalue weighted by atomic mass is 32.1. The lowest BCUT2D eigenvalue weighted by Crippen LogP contribution is -2.52. The molecule has 8 rings (SSSR count). The van der Waals surface area contributed by atoms with Crippen molar-refractivity contribution in [3.8, 4) is 16.8 Å². The maximum absolute atomic E-state index is 14.8. The summed E-state index contributed by atoms with van der Waals surface area (Å²) in [6, 6.07) is 12.5. The lowest BCUT2D eigenvalue weighted by molar-refractivity contribution is -0.136. The van der Waals surface area contributed by atoms with Crippen LogP contribution in [-0.2, 0) is 47.1 Å². The predicted octanol–water partition coefficient (Wildman–Crippen LogP) is 5.25. The Morgan fingerprint density at radius 3 is 2.79 bits per heavy atom. The quantitative estimate of drug-likeness (QED) is 0.132. The molecule has 1 atom stereocenters. The van der Waals surface area contributed by atoms with E-state index < -0.39 is 23.7 Å². The third-order valence-corrected chi connectivity index (χ3v) is 10.8. The number of piperidine rings is 1. The van der Waals surface area contributed by atoms with Crippen LogP contribution < -0.4 is 5.32 Å². The zero-order valence-electron chi connectivity index (χ0n) is 28.4. The number of unbranched alkanes of at least 4 members (excludes halogenated alkanes) is 1. The molecule has 13 heteroatoms. The first kappa shape index (κ1) is 33.4. The van der Waals surface area contributed by atoms with E-state index in [-0.39, 0.29) is 30.9 Å². The third-order valence-electron chi connectivity index (χ3n) is 9.60. The van der Waals surface area contributed by atoms with E-state index in [0.29, 0.717) is 24.5 Å². The number of nitrogens with zero attached hydrogens (tertiary/aromatic N) is 6. The molecule has 1 saturated heterocycles. The van der Waals surface area contributed by atoms with E-state index in [1.54, 1.807) is 23.7 Å². The van der Waals surface area contributed by atoms with Crippen molar-refractivity contribution in [2.75, 3.05) is 0 Å². The zero-order chi connectivity index (χ0) is 35.8.